The van der Waals surface area contributed by atoms with Gasteiger partial charge in [0.05, 0.1) is 0 Å². The van der Waals surface area contributed by atoms with Gasteiger partial charge in [-0.25, -0.2) is 0 Å². The predicted octanol–water partition coefficient (Wildman–Crippen LogP) is 6.05. The molecular weight excluding hydrogens is 528 g/mol. The maximum absolute atomic E-state index is 2.57. The van der Waals surface area contributed by atoms with Gasteiger partial charge in [-0.15, -0.1) is 0 Å². The molecule has 3 heteroatoms. The van der Waals surface area contributed by atoms with E-state index in [2.05, 4.69) is 159 Å². The highest BCUT2D eigenvalue weighted by molar-refractivity contribution is 7.02. The summed E-state index contributed by atoms with van der Waals surface area (Å²) in [4.78, 5) is 2.57. The summed E-state index contributed by atoms with van der Waals surface area (Å²) in [5.74, 6) is 0. The molecule has 7 aromatic carbocycles. The van der Waals surface area contributed by atoms with Crippen LogP contribution in [0.25, 0.3) is 21.5 Å². The summed E-state index contributed by atoms with van der Waals surface area (Å²) in [6.07, 6.45) is 0. The molecule has 44 heavy (non-hydrogen) atoms. The van der Waals surface area contributed by atoms with Crippen LogP contribution in [-0.4, -0.2) is 13.4 Å². The molecule has 0 amide bonds. The highest BCUT2D eigenvalue weighted by atomic mass is 15.2. The summed E-state index contributed by atoms with van der Waals surface area (Å²) in [6, 6.07) is 50.6. The van der Waals surface area contributed by atoms with Crippen LogP contribution >= 0.6 is 0 Å². The van der Waals surface area contributed by atoms with Crippen molar-refractivity contribution in [1.82, 2.24) is 0 Å². The van der Waals surface area contributed by atoms with Crippen LogP contribution in [0.1, 0.15) is 16.7 Å². The molecule has 2 aliphatic heterocycles. The van der Waals surface area contributed by atoms with Crippen molar-refractivity contribution in [2.75, 3.05) is 4.90 Å². The Morgan fingerprint density at radius 1 is 0.386 bits per heavy atom. The topological polar surface area (TPSA) is 3.24 Å². The Balaban J connectivity index is 1.37. The zero-order valence-electron chi connectivity index (χ0n) is 25.3. The highest BCUT2D eigenvalue weighted by Crippen LogP contribution is 2.38. The third kappa shape index (κ3) is 3.75. The maximum Gasteiger partial charge on any atom is 0.246 e. The Kier molecular flexibility index (Phi) is 5.50. The molecule has 1 nitrogen and oxygen atoms in total. The van der Waals surface area contributed by atoms with Gasteiger partial charge >= 0.3 is 0 Å². The van der Waals surface area contributed by atoms with Crippen molar-refractivity contribution in [2.24, 2.45) is 0 Å². The average Bonchev–Trinajstić information content (AvgIpc) is 3.04. The highest BCUT2D eigenvalue weighted by Gasteiger charge is 2.43. The normalized spacial score (nSPS) is 13.2. The monoisotopic (exact) mass is 559 g/mol. The standard InChI is InChI=1S/C41H31B2N/c1-26-12-18-39-35(20-26)42(33-16-14-29-8-4-6-10-31(29)24-33)37-22-28(3)23-38-41(37)44(39)40-19-13-27(2)21-36(40)43(38)34-17-15-30-9-5-7-11-32(30)25-34/h4-25H,1-3H3. The minimum atomic E-state index is 0.142. The first-order chi connectivity index (χ1) is 21.5. The summed E-state index contributed by atoms with van der Waals surface area (Å²) < 4.78 is 0. The first-order valence-corrected chi connectivity index (χ1v) is 15.7. The van der Waals surface area contributed by atoms with E-state index in [1.807, 2.05) is 0 Å². The largest absolute Gasteiger partial charge is 0.313 e. The van der Waals surface area contributed by atoms with Gasteiger partial charge in [-0.3, -0.25) is 0 Å². The van der Waals surface area contributed by atoms with Gasteiger partial charge in [0.25, 0.3) is 0 Å². The van der Waals surface area contributed by atoms with E-state index in [0.717, 1.165) is 0 Å². The van der Waals surface area contributed by atoms with Crippen molar-refractivity contribution in [3.63, 3.8) is 0 Å². The van der Waals surface area contributed by atoms with E-state index in [-0.39, 0.29) is 13.4 Å². The van der Waals surface area contributed by atoms with Gasteiger partial charge in [0.15, 0.2) is 0 Å². The zero-order valence-corrected chi connectivity index (χ0v) is 25.3. The fourth-order valence-electron chi connectivity index (χ4n) is 7.95. The Morgan fingerprint density at radius 3 is 1.30 bits per heavy atom. The molecule has 0 unspecified atom stereocenters. The van der Waals surface area contributed by atoms with E-state index in [4.69, 9.17) is 0 Å². The molecule has 0 radical (unpaired) electrons. The van der Waals surface area contributed by atoms with Crippen LogP contribution in [-0.2, 0) is 0 Å². The van der Waals surface area contributed by atoms with E-state index < -0.39 is 0 Å². The molecule has 0 bridgehead atoms. The van der Waals surface area contributed by atoms with E-state index in [0.29, 0.717) is 0 Å². The Labute approximate surface area is 260 Å². The van der Waals surface area contributed by atoms with Crippen LogP contribution in [0.4, 0.5) is 17.1 Å². The van der Waals surface area contributed by atoms with E-state index in [1.54, 1.807) is 0 Å². The lowest BCUT2D eigenvalue weighted by Gasteiger charge is -2.44. The summed E-state index contributed by atoms with van der Waals surface area (Å²) in [5.41, 5.74) is 16.0. The first-order valence-electron chi connectivity index (χ1n) is 15.7. The number of nitrogens with zero attached hydrogens (tertiary/aromatic N) is 1. The molecule has 206 valence electrons. The van der Waals surface area contributed by atoms with Crippen molar-refractivity contribution in [3.8, 4) is 0 Å². The quantitative estimate of drug-likeness (QED) is 0.234. The van der Waals surface area contributed by atoms with Crippen LogP contribution < -0.4 is 37.7 Å². The van der Waals surface area contributed by atoms with Crippen molar-refractivity contribution in [1.29, 1.82) is 0 Å². The van der Waals surface area contributed by atoms with Crippen LogP contribution in [0, 0.1) is 20.8 Å². The number of rotatable bonds is 2. The SMILES string of the molecule is Cc1ccc2c(c1)B(c1ccc3ccccc3c1)c1cc(C)cc3c1N2c1ccc(C)cc1B3c1ccc2ccccc2c1. The van der Waals surface area contributed by atoms with Crippen molar-refractivity contribution in [3.05, 3.63) is 150 Å². The molecule has 0 atom stereocenters. The molecule has 7 aromatic rings. The van der Waals surface area contributed by atoms with Crippen LogP contribution in [0.15, 0.2) is 133 Å². The molecule has 0 aromatic heterocycles. The number of hydrogen-bond donors (Lipinski definition) is 0. The smallest absolute Gasteiger partial charge is 0.246 e. The molecule has 0 fully saturated rings. The molecule has 9 rings (SSSR count). The molecule has 0 saturated carbocycles. The molecule has 2 heterocycles. The molecule has 0 N–H and O–H groups in total. The molecular formula is C41H31B2N. The lowest BCUT2D eigenvalue weighted by Crippen LogP contribution is -2.65. The lowest BCUT2D eigenvalue weighted by molar-refractivity contribution is 1.28. The molecule has 0 aliphatic carbocycles. The predicted molar refractivity (Wildman–Crippen MR) is 193 cm³/mol. The van der Waals surface area contributed by atoms with Gasteiger partial charge in [-0.05, 0) is 76.3 Å². The van der Waals surface area contributed by atoms with Gasteiger partial charge in [-0.1, -0.05) is 149 Å². The minimum absolute atomic E-state index is 0.142. The fraction of sp³-hybridized carbons (Fsp3) is 0.0732. The van der Waals surface area contributed by atoms with Crippen molar-refractivity contribution >= 4 is 84.8 Å². The Bertz CT molecular complexity index is 2140. The van der Waals surface area contributed by atoms with Crippen LogP contribution in [0.3, 0.4) is 0 Å². The number of benzene rings is 7. The van der Waals surface area contributed by atoms with Gasteiger partial charge in [0.1, 0.15) is 0 Å². The minimum Gasteiger partial charge on any atom is -0.313 e. The molecule has 2 aliphatic rings. The number of hydrogen-bond acceptors (Lipinski definition) is 1. The third-order valence-electron chi connectivity index (χ3n) is 9.84. The van der Waals surface area contributed by atoms with Gasteiger partial charge < -0.3 is 4.90 Å². The summed E-state index contributed by atoms with van der Waals surface area (Å²) >= 11 is 0. The zero-order chi connectivity index (χ0) is 29.5. The van der Waals surface area contributed by atoms with Crippen LogP contribution in [0.5, 0.6) is 0 Å². The van der Waals surface area contributed by atoms with E-state index >= 15 is 0 Å². The van der Waals surface area contributed by atoms with Gasteiger partial charge in [0.2, 0.25) is 13.4 Å². The Morgan fingerprint density at radius 2 is 0.818 bits per heavy atom. The first kappa shape index (κ1) is 25.5. The Hall–Kier alpha value is -5.01. The molecule has 0 spiro atoms. The third-order valence-corrected chi connectivity index (χ3v) is 9.84. The van der Waals surface area contributed by atoms with Gasteiger partial charge in [-0.2, -0.15) is 0 Å². The van der Waals surface area contributed by atoms with Crippen molar-refractivity contribution < 1.29 is 0 Å². The number of aryl methyl sites for hydroxylation is 3. The second-order valence-corrected chi connectivity index (χ2v) is 12.8. The lowest BCUT2D eigenvalue weighted by atomic mass is 9.30. The second kappa shape index (κ2) is 9.49. The maximum atomic E-state index is 2.57. The number of anilines is 3. The van der Waals surface area contributed by atoms with E-state index in [1.165, 1.54) is 88.1 Å². The van der Waals surface area contributed by atoms with Crippen molar-refractivity contribution in [2.45, 2.75) is 20.8 Å². The summed E-state index contributed by atoms with van der Waals surface area (Å²) in [7, 11) is 0. The van der Waals surface area contributed by atoms with Crippen LogP contribution in [0.2, 0.25) is 0 Å². The average molecular weight is 559 g/mol. The summed E-state index contributed by atoms with van der Waals surface area (Å²) in [6.45, 7) is 7.00. The van der Waals surface area contributed by atoms with Gasteiger partial charge in [0, 0.05) is 17.1 Å². The van der Waals surface area contributed by atoms with E-state index in [9.17, 15) is 0 Å². The molecule has 0 saturated heterocycles. The number of fused-ring (bicyclic) bond motifs is 6. The second-order valence-electron chi connectivity index (χ2n) is 12.8. The summed E-state index contributed by atoms with van der Waals surface area (Å²) in [5, 5.41) is 5.14. The fourth-order valence-corrected chi connectivity index (χ4v) is 7.95.